The molecule has 1 atom stereocenters. The molecule has 0 aliphatic rings. The van der Waals surface area contributed by atoms with Gasteiger partial charge in [0.05, 0.1) is 6.54 Å². The summed E-state index contributed by atoms with van der Waals surface area (Å²) in [6, 6.07) is 14.8. The second-order valence-electron chi connectivity index (χ2n) is 6.14. The van der Waals surface area contributed by atoms with E-state index in [0.717, 1.165) is 5.69 Å². The summed E-state index contributed by atoms with van der Waals surface area (Å²) in [7, 11) is 1.70. The molecule has 6 nitrogen and oxygen atoms in total. The van der Waals surface area contributed by atoms with Gasteiger partial charge in [-0.2, -0.15) is 0 Å². The van der Waals surface area contributed by atoms with Gasteiger partial charge < -0.3 is 16.0 Å². The lowest BCUT2D eigenvalue weighted by molar-refractivity contribution is -0.133. The predicted molar refractivity (Wildman–Crippen MR) is 96.6 cm³/mol. The number of nitrogens with zero attached hydrogens (tertiary/aromatic N) is 2. The molecule has 1 unspecified atom stereocenters. The molecule has 0 radical (unpaired) electrons. The summed E-state index contributed by atoms with van der Waals surface area (Å²) in [5.41, 5.74) is 6.57. The summed E-state index contributed by atoms with van der Waals surface area (Å²) in [6.07, 6.45) is 2.39. The maximum Gasteiger partial charge on any atom is 0.244 e. The van der Waals surface area contributed by atoms with Crippen LogP contribution in [-0.2, 0) is 21.5 Å². The Balaban J connectivity index is 1.83. The van der Waals surface area contributed by atoms with Crippen LogP contribution in [0.3, 0.4) is 0 Å². The van der Waals surface area contributed by atoms with E-state index in [1.807, 2.05) is 36.4 Å². The molecule has 1 aromatic heterocycles. The van der Waals surface area contributed by atoms with E-state index in [0.29, 0.717) is 18.5 Å². The molecule has 0 bridgehead atoms. The highest BCUT2D eigenvalue weighted by molar-refractivity contribution is 5.90. The summed E-state index contributed by atoms with van der Waals surface area (Å²) < 4.78 is 0. The minimum Gasteiger partial charge on any atom is -0.345 e. The van der Waals surface area contributed by atoms with E-state index < -0.39 is 5.54 Å². The molecule has 0 fully saturated rings. The fraction of sp³-hybridized carbons (Fsp3) is 0.316. The van der Waals surface area contributed by atoms with Crippen molar-refractivity contribution < 1.29 is 9.59 Å². The Morgan fingerprint density at radius 3 is 2.48 bits per heavy atom. The Bertz CT molecular complexity index is 702. The van der Waals surface area contributed by atoms with E-state index in [9.17, 15) is 9.59 Å². The van der Waals surface area contributed by atoms with Crippen LogP contribution in [0.25, 0.3) is 0 Å². The summed E-state index contributed by atoms with van der Waals surface area (Å²) in [5.74, 6) is -0.557. The Morgan fingerprint density at radius 1 is 1.16 bits per heavy atom. The first-order valence-corrected chi connectivity index (χ1v) is 8.18. The molecule has 1 aromatic carbocycles. The monoisotopic (exact) mass is 340 g/mol. The number of nitrogens with two attached hydrogens (primary N) is 1. The molecule has 1 heterocycles. The van der Waals surface area contributed by atoms with Crippen LogP contribution in [0.5, 0.6) is 0 Å². The highest BCUT2D eigenvalue weighted by Crippen LogP contribution is 2.17. The third kappa shape index (κ3) is 5.12. The summed E-state index contributed by atoms with van der Waals surface area (Å²) in [5, 5.41) is 2.63. The lowest BCUT2D eigenvalue weighted by Gasteiger charge is -2.25. The molecule has 2 rings (SSSR count). The maximum atomic E-state index is 12.4. The van der Waals surface area contributed by atoms with Gasteiger partial charge in [-0.05, 0) is 24.6 Å². The summed E-state index contributed by atoms with van der Waals surface area (Å²) in [6.45, 7) is 2.08. The topological polar surface area (TPSA) is 88.3 Å². The lowest BCUT2D eigenvalue weighted by atomic mass is 9.92. The highest BCUT2D eigenvalue weighted by atomic mass is 16.2. The van der Waals surface area contributed by atoms with Crippen LogP contribution in [-0.4, -0.2) is 41.8 Å². The molecule has 132 valence electrons. The molecule has 2 amide bonds. The normalized spacial score (nSPS) is 12.9. The molecule has 3 N–H and O–H groups in total. The molecular formula is C19H24N4O2. The van der Waals surface area contributed by atoms with Crippen LogP contribution in [0.2, 0.25) is 0 Å². The number of aromatic nitrogens is 1. The molecular weight excluding hydrogens is 316 g/mol. The van der Waals surface area contributed by atoms with Gasteiger partial charge >= 0.3 is 0 Å². The van der Waals surface area contributed by atoms with Gasteiger partial charge in [0.25, 0.3) is 0 Å². The molecule has 0 aliphatic carbocycles. The van der Waals surface area contributed by atoms with Crippen molar-refractivity contribution in [1.82, 2.24) is 15.2 Å². The fourth-order valence-corrected chi connectivity index (χ4v) is 2.34. The largest absolute Gasteiger partial charge is 0.345 e. The molecule has 0 aliphatic heterocycles. The first-order valence-electron chi connectivity index (χ1n) is 8.18. The van der Waals surface area contributed by atoms with E-state index in [-0.39, 0.29) is 18.4 Å². The number of carbonyl (C=O) groups excluding carboxylic acids is 2. The third-order valence-electron chi connectivity index (χ3n) is 4.10. The zero-order valence-corrected chi connectivity index (χ0v) is 14.6. The van der Waals surface area contributed by atoms with E-state index >= 15 is 0 Å². The van der Waals surface area contributed by atoms with Gasteiger partial charge in [0.1, 0.15) is 5.54 Å². The maximum absolute atomic E-state index is 12.4. The minimum atomic E-state index is -1.19. The first kappa shape index (κ1) is 18.6. The molecule has 0 saturated heterocycles. The summed E-state index contributed by atoms with van der Waals surface area (Å²) >= 11 is 0. The number of hydrogen-bond donors (Lipinski definition) is 2. The molecule has 6 heteroatoms. The smallest absolute Gasteiger partial charge is 0.244 e. The van der Waals surface area contributed by atoms with Gasteiger partial charge in [-0.25, -0.2) is 0 Å². The van der Waals surface area contributed by atoms with Crippen molar-refractivity contribution >= 4 is 11.8 Å². The second kappa shape index (κ2) is 8.39. The Kier molecular flexibility index (Phi) is 6.25. The summed E-state index contributed by atoms with van der Waals surface area (Å²) in [4.78, 5) is 30.3. The van der Waals surface area contributed by atoms with Gasteiger partial charge in [-0.1, -0.05) is 36.4 Å². The van der Waals surface area contributed by atoms with E-state index in [2.05, 4.69) is 10.3 Å². The van der Waals surface area contributed by atoms with Crippen molar-refractivity contribution in [2.45, 2.75) is 18.9 Å². The van der Waals surface area contributed by atoms with Crippen LogP contribution in [0, 0.1) is 0 Å². The molecule has 2 aromatic rings. The average molecular weight is 340 g/mol. The predicted octanol–water partition coefficient (Wildman–Crippen LogP) is 1.07. The lowest BCUT2D eigenvalue weighted by Crippen LogP contribution is -2.51. The second-order valence-corrected chi connectivity index (χ2v) is 6.14. The van der Waals surface area contributed by atoms with Crippen LogP contribution in [0.4, 0.5) is 0 Å². The van der Waals surface area contributed by atoms with Gasteiger partial charge in [-0.15, -0.1) is 0 Å². The van der Waals surface area contributed by atoms with Crippen molar-refractivity contribution in [2.24, 2.45) is 5.73 Å². The average Bonchev–Trinajstić information content (AvgIpc) is 2.65. The van der Waals surface area contributed by atoms with Crippen molar-refractivity contribution in [1.29, 1.82) is 0 Å². The van der Waals surface area contributed by atoms with Gasteiger partial charge in [-0.3, -0.25) is 14.6 Å². The molecule has 0 saturated carbocycles. The van der Waals surface area contributed by atoms with Crippen molar-refractivity contribution in [2.75, 3.05) is 20.1 Å². The molecule has 25 heavy (non-hydrogen) atoms. The van der Waals surface area contributed by atoms with Gasteiger partial charge in [0, 0.05) is 31.9 Å². The fourth-order valence-electron chi connectivity index (χ4n) is 2.34. The number of carbonyl (C=O) groups is 2. The Labute approximate surface area is 148 Å². The number of pyridine rings is 1. The van der Waals surface area contributed by atoms with Gasteiger partial charge in [0.2, 0.25) is 11.8 Å². The van der Waals surface area contributed by atoms with Crippen LogP contribution < -0.4 is 11.1 Å². The quantitative estimate of drug-likeness (QED) is 0.789. The minimum absolute atomic E-state index is 0.0861. The molecule has 0 spiro atoms. The van der Waals surface area contributed by atoms with E-state index in [1.54, 1.807) is 37.2 Å². The van der Waals surface area contributed by atoms with Crippen molar-refractivity contribution in [3.05, 3.63) is 66.0 Å². The van der Waals surface area contributed by atoms with Crippen molar-refractivity contribution in [3.8, 4) is 0 Å². The van der Waals surface area contributed by atoms with Crippen LogP contribution in [0.1, 0.15) is 18.2 Å². The van der Waals surface area contributed by atoms with E-state index in [4.69, 9.17) is 5.73 Å². The number of amides is 2. The first-order chi connectivity index (χ1) is 11.9. The zero-order chi connectivity index (χ0) is 18.3. The van der Waals surface area contributed by atoms with Gasteiger partial charge in [0.15, 0.2) is 0 Å². The van der Waals surface area contributed by atoms with Crippen LogP contribution >= 0.6 is 0 Å². The van der Waals surface area contributed by atoms with Crippen molar-refractivity contribution in [3.63, 3.8) is 0 Å². The number of hydrogen-bond acceptors (Lipinski definition) is 4. The van der Waals surface area contributed by atoms with E-state index in [1.165, 1.54) is 0 Å². The number of benzene rings is 1. The van der Waals surface area contributed by atoms with Crippen LogP contribution in [0.15, 0.2) is 54.7 Å². The third-order valence-corrected chi connectivity index (χ3v) is 4.10. The Hall–Kier alpha value is -2.73. The number of nitrogens with one attached hydrogen (secondary N) is 1. The standard InChI is InChI=1S/C19H24N4O2/c1-19(20,15-8-4-3-5-9-15)18(25)22-14-17(24)23(2)13-11-16-10-6-7-12-21-16/h3-10,12H,11,13-14,20H2,1-2H3,(H,22,25). The Morgan fingerprint density at radius 2 is 1.84 bits per heavy atom. The zero-order valence-electron chi connectivity index (χ0n) is 14.6. The number of likely N-dealkylation sites (N-methyl/N-ethyl adjacent to an activating group) is 1. The highest BCUT2D eigenvalue weighted by Gasteiger charge is 2.30. The number of rotatable bonds is 7. The SMILES string of the molecule is CN(CCc1ccccn1)C(=O)CNC(=O)C(C)(N)c1ccccc1.